The summed E-state index contributed by atoms with van der Waals surface area (Å²) in [6.07, 6.45) is 5.18. The van der Waals surface area contributed by atoms with Gasteiger partial charge >= 0.3 is 0 Å². The van der Waals surface area contributed by atoms with Crippen molar-refractivity contribution in [1.29, 1.82) is 0 Å². The third-order valence-corrected chi connectivity index (χ3v) is 4.78. The molecule has 0 aliphatic carbocycles. The smallest absolute Gasteiger partial charge is 0.290 e. The lowest BCUT2D eigenvalue weighted by molar-refractivity contribution is 0.0733. The molecule has 0 bridgehead atoms. The Bertz CT molecular complexity index is 1020. The van der Waals surface area contributed by atoms with E-state index in [2.05, 4.69) is 25.2 Å². The topological polar surface area (TPSA) is 95.7 Å². The number of amides is 2. The Morgan fingerprint density at radius 3 is 2.45 bits per heavy atom. The molecule has 0 saturated carbocycles. The van der Waals surface area contributed by atoms with Gasteiger partial charge in [0.25, 0.3) is 11.8 Å². The standard InChI is InChI=1S/C20H23N7O2/c1-14(2)23-18(28)16-15-6-3-4-9-27(15)17(24-16)19(29)25-10-12-26(13-11-25)20-21-7-5-8-22-20/h3-9,14H,10-13H2,1-2H3,(H,23,28). The Hall–Kier alpha value is -3.49. The van der Waals surface area contributed by atoms with Gasteiger partial charge in [0.15, 0.2) is 5.69 Å². The van der Waals surface area contributed by atoms with Gasteiger partial charge in [0.05, 0.1) is 5.52 Å². The third-order valence-electron chi connectivity index (χ3n) is 4.78. The van der Waals surface area contributed by atoms with E-state index in [4.69, 9.17) is 0 Å². The van der Waals surface area contributed by atoms with Gasteiger partial charge in [-0.3, -0.25) is 14.0 Å². The van der Waals surface area contributed by atoms with Gasteiger partial charge in [-0.15, -0.1) is 0 Å². The van der Waals surface area contributed by atoms with Crippen molar-refractivity contribution in [3.05, 3.63) is 54.4 Å². The number of rotatable bonds is 4. The normalized spacial score (nSPS) is 14.4. The van der Waals surface area contributed by atoms with Crippen LogP contribution in [0.2, 0.25) is 0 Å². The van der Waals surface area contributed by atoms with Crippen molar-refractivity contribution in [3.63, 3.8) is 0 Å². The van der Waals surface area contributed by atoms with Crippen LogP contribution in [-0.2, 0) is 0 Å². The van der Waals surface area contributed by atoms with Crippen molar-refractivity contribution in [2.45, 2.75) is 19.9 Å². The van der Waals surface area contributed by atoms with E-state index < -0.39 is 0 Å². The van der Waals surface area contributed by atoms with E-state index in [1.54, 1.807) is 40.0 Å². The number of fused-ring (bicyclic) bond motifs is 1. The fraction of sp³-hybridized carbons (Fsp3) is 0.350. The maximum atomic E-state index is 13.2. The molecule has 1 N–H and O–H groups in total. The summed E-state index contributed by atoms with van der Waals surface area (Å²) >= 11 is 0. The number of hydrogen-bond acceptors (Lipinski definition) is 6. The number of hydrogen-bond donors (Lipinski definition) is 1. The molecule has 29 heavy (non-hydrogen) atoms. The Kier molecular flexibility index (Phi) is 5.11. The summed E-state index contributed by atoms with van der Waals surface area (Å²) in [5, 5.41) is 2.85. The highest BCUT2D eigenvalue weighted by Crippen LogP contribution is 2.17. The Balaban J connectivity index is 1.56. The zero-order valence-corrected chi connectivity index (χ0v) is 16.4. The van der Waals surface area contributed by atoms with E-state index >= 15 is 0 Å². The highest BCUT2D eigenvalue weighted by Gasteiger charge is 2.28. The quantitative estimate of drug-likeness (QED) is 0.716. The molecule has 0 unspecified atom stereocenters. The number of imidazole rings is 1. The van der Waals surface area contributed by atoms with Crippen molar-refractivity contribution in [2.75, 3.05) is 31.1 Å². The average molecular weight is 393 g/mol. The van der Waals surface area contributed by atoms with Gasteiger partial charge in [0.2, 0.25) is 11.8 Å². The van der Waals surface area contributed by atoms with Gasteiger partial charge in [-0.1, -0.05) is 6.07 Å². The first-order valence-corrected chi connectivity index (χ1v) is 9.64. The van der Waals surface area contributed by atoms with Crippen LogP contribution in [-0.4, -0.2) is 68.3 Å². The lowest BCUT2D eigenvalue weighted by atomic mass is 10.3. The van der Waals surface area contributed by atoms with Crippen LogP contribution in [0, 0.1) is 0 Å². The Morgan fingerprint density at radius 2 is 1.76 bits per heavy atom. The molecule has 2 amide bonds. The van der Waals surface area contributed by atoms with Crippen LogP contribution in [0.5, 0.6) is 0 Å². The summed E-state index contributed by atoms with van der Waals surface area (Å²) in [4.78, 5) is 42.5. The monoisotopic (exact) mass is 393 g/mol. The van der Waals surface area contributed by atoms with Crippen LogP contribution in [0.25, 0.3) is 5.52 Å². The van der Waals surface area contributed by atoms with Crippen LogP contribution >= 0.6 is 0 Å². The second-order valence-electron chi connectivity index (χ2n) is 7.20. The number of carbonyl (C=O) groups is 2. The second kappa shape index (κ2) is 7.86. The van der Waals surface area contributed by atoms with Crippen molar-refractivity contribution in [2.24, 2.45) is 0 Å². The summed E-state index contributed by atoms with van der Waals surface area (Å²) in [7, 11) is 0. The van der Waals surface area contributed by atoms with E-state index in [9.17, 15) is 9.59 Å². The van der Waals surface area contributed by atoms with E-state index in [1.165, 1.54) is 0 Å². The van der Waals surface area contributed by atoms with Gasteiger partial charge < -0.3 is 15.1 Å². The molecule has 9 nitrogen and oxygen atoms in total. The minimum atomic E-state index is -0.284. The molecular weight excluding hydrogens is 370 g/mol. The highest BCUT2D eigenvalue weighted by atomic mass is 16.2. The van der Waals surface area contributed by atoms with Crippen molar-refractivity contribution < 1.29 is 9.59 Å². The van der Waals surface area contributed by atoms with Crippen LogP contribution < -0.4 is 10.2 Å². The molecule has 4 rings (SSSR count). The van der Waals surface area contributed by atoms with Gasteiger partial charge in [-0.05, 0) is 32.0 Å². The molecule has 1 fully saturated rings. The van der Waals surface area contributed by atoms with Gasteiger partial charge in [0.1, 0.15) is 0 Å². The van der Waals surface area contributed by atoms with Crippen molar-refractivity contribution >= 4 is 23.3 Å². The van der Waals surface area contributed by atoms with Crippen LogP contribution in [0.3, 0.4) is 0 Å². The number of nitrogens with zero attached hydrogens (tertiary/aromatic N) is 6. The molecule has 3 aromatic rings. The predicted molar refractivity (Wildman–Crippen MR) is 108 cm³/mol. The number of anilines is 1. The molecule has 1 aliphatic heterocycles. The first-order chi connectivity index (χ1) is 14.0. The number of pyridine rings is 1. The molecule has 3 aromatic heterocycles. The minimum Gasteiger partial charge on any atom is -0.348 e. The number of piperazine rings is 1. The summed E-state index contributed by atoms with van der Waals surface area (Å²) in [6.45, 7) is 6.12. The fourth-order valence-electron chi connectivity index (χ4n) is 3.39. The lowest BCUT2D eigenvalue weighted by Gasteiger charge is -2.34. The second-order valence-corrected chi connectivity index (χ2v) is 7.20. The Morgan fingerprint density at radius 1 is 1.03 bits per heavy atom. The Labute approximate surface area is 168 Å². The predicted octanol–water partition coefficient (Wildman–Crippen LogP) is 1.22. The van der Waals surface area contributed by atoms with Gasteiger partial charge in [-0.25, -0.2) is 15.0 Å². The van der Waals surface area contributed by atoms with Gasteiger partial charge in [0, 0.05) is 50.8 Å². The zero-order valence-electron chi connectivity index (χ0n) is 16.4. The first kappa shape index (κ1) is 18.9. The zero-order chi connectivity index (χ0) is 20.4. The molecule has 0 atom stereocenters. The van der Waals surface area contributed by atoms with Crippen LogP contribution in [0.15, 0.2) is 42.9 Å². The largest absolute Gasteiger partial charge is 0.348 e. The van der Waals surface area contributed by atoms with E-state index in [0.717, 1.165) is 0 Å². The summed E-state index contributed by atoms with van der Waals surface area (Å²) in [6, 6.07) is 7.20. The molecule has 4 heterocycles. The molecule has 150 valence electrons. The molecule has 1 aliphatic rings. The number of aromatic nitrogens is 4. The summed E-state index contributed by atoms with van der Waals surface area (Å²) < 4.78 is 1.68. The van der Waals surface area contributed by atoms with Crippen molar-refractivity contribution in [3.8, 4) is 0 Å². The molecule has 0 spiro atoms. The van der Waals surface area contributed by atoms with Crippen molar-refractivity contribution in [1.82, 2.24) is 29.6 Å². The molecule has 0 radical (unpaired) electrons. The minimum absolute atomic E-state index is 0.0182. The number of carbonyl (C=O) groups excluding carboxylic acids is 2. The number of nitrogens with one attached hydrogen (secondary N) is 1. The highest BCUT2D eigenvalue weighted by molar-refractivity contribution is 6.02. The first-order valence-electron chi connectivity index (χ1n) is 9.64. The van der Waals surface area contributed by atoms with E-state index in [-0.39, 0.29) is 29.4 Å². The summed E-state index contributed by atoms with van der Waals surface area (Å²) in [5.74, 6) is 0.439. The summed E-state index contributed by atoms with van der Waals surface area (Å²) in [5.41, 5.74) is 0.879. The average Bonchev–Trinajstić information content (AvgIpc) is 3.13. The van der Waals surface area contributed by atoms with Gasteiger partial charge in [-0.2, -0.15) is 0 Å². The fourth-order valence-corrected chi connectivity index (χ4v) is 3.39. The van der Waals surface area contributed by atoms with Crippen LogP contribution in [0.4, 0.5) is 5.95 Å². The molecule has 1 saturated heterocycles. The van der Waals surface area contributed by atoms with E-state index in [1.807, 2.05) is 26.0 Å². The van der Waals surface area contributed by atoms with E-state index in [0.29, 0.717) is 37.6 Å². The maximum Gasteiger partial charge on any atom is 0.290 e. The lowest BCUT2D eigenvalue weighted by Crippen LogP contribution is -2.49. The third kappa shape index (κ3) is 3.75. The molecule has 0 aromatic carbocycles. The maximum absolute atomic E-state index is 13.2. The van der Waals surface area contributed by atoms with Crippen LogP contribution in [0.1, 0.15) is 35.0 Å². The molecule has 9 heteroatoms. The SMILES string of the molecule is CC(C)NC(=O)c1nc(C(=O)N2CCN(c3ncccn3)CC2)n2ccccc12. The molecular formula is C20H23N7O2.